The van der Waals surface area contributed by atoms with Crippen molar-refractivity contribution in [1.82, 2.24) is 5.32 Å². The summed E-state index contributed by atoms with van der Waals surface area (Å²) < 4.78 is 0. The first-order valence-electron chi connectivity index (χ1n) is 6.36. The Morgan fingerprint density at radius 3 is 2.60 bits per heavy atom. The third-order valence-electron chi connectivity index (χ3n) is 3.04. The van der Waals surface area contributed by atoms with Crippen LogP contribution in [0.15, 0.2) is 11.6 Å². The summed E-state index contributed by atoms with van der Waals surface area (Å²) in [6.45, 7) is 10.4. The van der Waals surface area contributed by atoms with Crippen molar-refractivity contribution in [3.63, 3.8) is 0 Å². The highest BCUT2D eigenvalue weighted by Gasteiger charge is 2.13. The van der Waals surface area contributed by atoms with Gasteiger partial charge in [0.25, 0.3) is 0 Å². The maximum atomic E-state index is 3.61. The lowest BCUT2D eigenvalue weighted by atomic mass is 9.90. The zero-order valence-corrected chi connectivity index (χ0v) is 10.9. The van der Waals surface area contributed by atoms with Crippen molar-refractivity contribution in [3.8, 4) is 0 Å². The van der Waals surface area contributed by atoms with Gasteiger partial charge in [-0.1, -0.05) is 38.8 Å². The average Bonchev–Trinajstić information content (AvgIpc) is 2.15. The van der Waals surface area contributed by atoms with Crippen LogP contribution in [0.4, 0.5) is 0 Å². The quantitative estimate of drug-likeness (QED) is 0.695. The molecule has 0 radical (unpaired) electrons. The Hall–Kier alpha value is -0.300. The Bertz CT molecular complexity index is 204. The van der Waals surface area contributed by atoms with Crippen molar-refractivity contribution in [2.75, 3.05) is 6.54 Å². The monoisotopic (exact) mass is 209 g/mol. The molecule has 1 heteroatoms. The zero-order chi connectivity index (χ0) is 11.3. The summed E-state index contributed by atoms with van der Waals surface area (Å²) in [5.41, 5.74) is 1.99. The van der Waals surface area contributed by atoms with Crippen LogP contribution >= 0.6 is 0 Å². The molecule has 1 atom stereocenters. The van der Waals surface area contributed by atoms with Gasteiger partial charge in [0.2, 0.25) is 0 Å². The van der Waals surface area contributed by atoms with Crippen molar-refractivity contribution in [3.05, 3.63) is 11.6 Å². The SMILES string of the molecule is CC(=CCC(C)(C)C)CC1CCCCN1. The molecule has 1 aliphatic rings. The second kappa shape index (κ2) is 5.69. The molecular formula is C14H27N. The first-order valence-corrected chi connectivity index (χ1v) is 6.36. The van der Waals surface area contributed by atoms with E-state index in [2.05, 4.69) is 39.1 Å². The standard InChI is InChI=1S/C14H27N/c1-12(8-9-14(2,3)4)11-13-7-5-6-10-15-13/h8,13,15H,5-7,9-11H2,1-4H3. The minimum absolute atomic E-state index is 0.432. The maximum absolute atomic E-state index is 3.61. The molecule has 1 aliphatic heterocycles. The number of nitrogens with one attached hydrogen (secondary N) is 1. The fourth-order valence-electron chi connectivity index (χ4n) is 2.05. The topological polar surface area (TPSA) is 12.0 Å². The van der Waals surface area contributed by atoms with E-state index >= 15 is 0 Å². The maximum Gasteiger partial charge on any atom is 0.0104 e. The molecule has 1 N–H and O–H groups in total. The number of allylic oxidation sites excluding steroid dienone is 1. The van der Waals surface area contributed by atoms with Crippen molar-refractivity contribution >= 4 is 0 Å². The van der Waals surface area contributed by atoms with E-state index in [-0.39, 0.29) is 0 Å². The molecule has 0 amide bonds. The van der Waals surface area contributed by atoms with Crippen LogP contribution in [-0.2, 0) is 0 Å². The Morgan fingerprint density at radius 2 is 2.07 bits per heavy atom. The lowest BCUT2D eigenvalue weighted by Gasteiger charge is -2.24. The third kappa shape index (κ3) is 5.99. The molecular weight excluding hydrogens is 182 g/mol. The highest BCUT2D eigenvalue weighted by atomic mass is 14.9. The van der Waals surface area contributed by atoms with Gasteiger partial charge in [-0.3, -0.25) is 0 Å². The van der Waals surface area contributed by atoms with Gasteiger partial charge in [0.05, 0.1) is 0 Å². The first kappa shape index (κ1) is 12.8. The van der Waals surface area contributed by atoms with Gasteiger partial charge in [-0.05, 0) is 44.6 Å². The van der Waals surface area contributed by atoms with Crippen LogP contribution in [-0.4, -0.2) is 12.6 Å². The van der Waals surface area contributed by atoms with E-state index in [0.29, 0.717) is 5.41 Å². The highest BCUT2D eigenvalue weighted by molar-refractivity contribution is 5.02. The van der Waals surface area contributed by atoms with E-state index < -0.39 is 0 Å². The van der Waals surface area contributed by atoms with Crippen LogP contribution in [0, 0.1) is 5.41 Å². The lowest BCUT2D eigenvalue weighted by Crippen LogP contribution is -2.34. The molecule has 0 aromatic rings. The fourth-order valence-corrected chi connectivity index (χ4v) is 2.05. The first-order chi connectivity index (χ1) is 6.97. The average molecular weight is 209 g/mol. The van der Waals surface area contributed by atoms with Gasteiger partial charge in [0, 0.05) is 6.04 Å². The number of hydrogen-bond donors (Lipinski definition) is 1. The van der Waals surface area contributed by atoms with Crippen LogP contribution in [0.1, 0.15) is 59.8 Å². The summed E-state index contributed by atoms with van der Waals surface area (Å²) in [7, 11) is 0. The Kier molecular flexibility index (Phi) is 4.85. The molecule has 0 aromatic heterocycles. The fraction of sp³-hybridized carbons (Fsp3) is 0.857. The summed E-state index contributed by atoms with van der Waals surface area (Å²) in [4.78, 5) is 0. The summed E-state index contributed by atoms with van der Waals surface area (Å²) in [6.07, 6.45) is 9.00. The van der Waals surface area contributed by atoms with Gasteiger partial charge in [0.15, 0.2) is 0 Å². The molecule has 0 aliphatic carbocycles. The van der Waals surface area contributed by atoms with E-state index in [1.165, 1.54) is 38.6 Å². The van der Waals surface area contributed by atoms with Crippen LogP contribution in [0.3, 0.4) is 0 Å². The summed E-state index contributed by atoms with van der Waals surface area (Å²) in [5, 5.41) is 3.61. The summed E-state index contributed by atoms with van der Waals surface area (Å²) >= 11 is 0. The van der Waals surface area contributed by atoms with Crippen molar-refractivity contribution < 1.29 is 0 Å². The minimum Gasteiger partial charge on any atom is -0.314 e. The molecule has 1 heterocycles. The Balaban J connectivity index is 2.30. The molecule has 0 spiro atoms. The van der Waals surface area contributed by atoms with Gasteiger partial charge in [-0.2, -0.15) is 0 Å². The predicted molar refractivity (Wildman–Crippen MR) is 68.1 cm³/mol. The number of rotatable bonds is 3. The molecule has 88 valence electrons. The molecule has 0 bridgehead atoms. The van der Waals surface area contributed by atoms with Crippen LogP contribution in [0.2, 0.25) is 0 Å². The molecule has 0 aromatic carbocycles. The second-order valence-electron chi connectivity index (χ2n) is 6.17. The normalized spacial score (nSPS) is 24.3. The Labute approximate surface area is 95.3 Å². The molecule has 15 heavy (non-hydrogen) atoms. The van der Waals surface area contributed by atoms with E-state index in [1.54, 1.807) is 5.57 Å². The molecule has 1 nitrogen and oxygen atoms in total. The smallest absolute Gasteiger partial charge is 0.0104 e. The molecule has 1 fully saturated rings. The third-order valence-corrected chi connectivity index (χ3v) is 3.04. The van der Waals surface area contributed by atoms with Crippen LogP contribution in [0.25, 0.3) is 0 Å². The molecule has 1 rings (SSSR count). The number of piperidine rings is 1. The van der Waals surface area contributed by atoms with Gasteiger partial charge < -0.3 is 5.32 Å². The number of hydrogen-bond acceptors (Lipinski definition) is 1. The van der Waals surface area contributed by atoms with Gasteiger partial charge >= 0.3 is 0 Å². The molecule has 1 saturated heterocycles. The lowest BCUT2D eigenvalue weighted by molar-refractivity contribution is 0.394. The van der Waals surface area contributed by atoms with E-state index in [1.807, 2.05) is 0 Å². The van der Waals surface area contributed by atoms with Gasteiger partial charge in [-0.15, -0.1) is 0 Å². The highest BCUT2D eigenvalue weighted by Crippen LogP contribution is 2.22. The summed E-state index contributed by atoms with van der Waals surface area (Å²) in [5.74, 6) is 0. The predicted octanol–water partition coefficient (Wildman–Crippen LogP) is 3.90. The van der Waals surface area contributed by atoms with E-state index in [4.69, 9.17) is 0 Å². The van der Waals surface area contributed by atoms with E-state index in [9.17, 15) is 0 Å². The van der Waals surface area contributed by atoms with Crippen molar-refractivity contribution in [2.45, 2.75) is 65.8 Å². The molecule has 1 unspecified atom stereocenters. The van der Waals surface area contributed by atoms with Crippen molar-refractivity contribution in [1.29, 1.82) is 0 Å². The van der Waals surface area contributed by atoms with Crippen LogP contribution < -0.4 is 5.32 Å². The van der Waals surface area contributed by atoms with E-state index in [0.717, 1.165) is 6.04 Å². The largest absolute Gasteiger partial charge is 0.314 e. The minimum atomic E-state index is 0.432. The Morgan fingerprint density at radius 1 is 1.33 bits per heavy atom. The van der Waals surface area contributed by atoms with Gasteiger partial charge in [0.1, 0.15) is 0 Å². The second-order valence-corrected chi connectivity index (χ2v) is 6.17. The van der Waals surface area contributed by atoms with Gasteiger partial charge in [-0.25, -0.2) is 0 Å². The molecule has 0 saturated carbocycles. The zero-order valence-electron chi connectivity index (χ0n) is 10.9. The summed E-state index contributed by atoms with van der Waals surface area (Å²) in [6, 6.07) is 0.745. The van der Waals surface area contributed by atoms with Crippen LogP contribution in [0.5, 0.6) is 0 Å². The van der Waals surface area contributed by atoms with Crippen molar-refractivity contribution in [2.24, 2.45) is 5.41 Å².